The van der Waals surface area contributed by atoms with Crippen LogP contribution in [0.1, 0.15) is 26.3 Å². The molecule has 0 bridgehead atoms. The smallest absolute Gasteiger partial charge is 0.147 e. The number of rotatable bonds is 0. The first kappa shape index (κ1) is 9.25. The van der Waals surface area contributed by atoms with E-state index >= 15 is 0 Å². The number of hydrogen-bond donors (Lipinski definition) is 1. The zero-order valence-electron chi connectivity index (χ0n) is 8.69. The Balaban J connectivity index is 2.80. The van der Waals surface area contributed by atoms with Gasteiger partial charge >= 0.3 is 0 Å². The molecule has 0 atom stereocenters. The maximum absolute atomic E-state index is 13.4. The Morgan fingerprint density at radius 1 is 1.14 bits per heavy atom. The van der Waals surface area contributed by atoms with Gasteiger partial charge in [0.25, 0.3) is 0 Å². The fourth-order valence-electron chi connectivity index (χ4n) is 1.78. The molecule has 0 aliphatic carbocycles. The second-order valence-electron chi connectivity index (χ2n) is 4.61. The van der Waals surface area contributed by atoms with Crippen molar-refractivity contribution in [2.45, 2.75) is 26.2 Å². The van der Waals surface area contributed by atoms with Crippen LogP contribution in [0.4, 0.5) is 4.39 Å². The Labute approximate surface area is 82.9 Å². The van der Waals surface area contributed by atoms with Crippen molar-refractivity contribution in [2.75, 3.05) is 0 Å². The number of aromatic amines is 1. The molecule has 1 N–H and O–H groups in total. The van der Waals surface area contributed by atoms with E-state index in [0.717, 1.165) is 5.39 Å². The van der Waals surface area contributed by atoms with E-state index in [1.807, 2.05) is 12.1 Å². The molecule has 2 rings (SSSR count). The molecule has 0 unspecified atom stereocenters. The molecule has 14 heavy (non-hydrogen) atoms. The second-order valence-corrected chi connectivity index (χ2v) is 4.61. The van der Waals surface area contributed by atoms with Gasteiger partial charge < -0.3 is 4.98 Å². The van der Waals surface area contributed by atoms with Crippen molar-refractivity contribution in [1.29, 1.82) is 0 Å². The molecule has 2 aromatic rings. The van der Waals surface area contributed by atoms with E-state index in [0.29, 0.717) is 5.52 Å². The maximum atomic E-state index is 13.4. The molecule has 1 aromatic heterocycles. The average molecular weight is 191 g/mol. The van der Waals surface area contributed by atoms with Gasteiger partial charge in [0, 0.05) is 11.6 Å². The summed E-state index contributed by atoms with van der Waals surface area (Å²) in [7, 11) is 0. The van der Waals surface area contributed by atoms with Gasteiger partial charge in [0.05, 0.1) is 5.52 Å². The first-order valence-corrected chi connectivity index (χ1v) is 4.76. The fourth-order valence-corrected chi connectivity index (χ4v) is 1.78. The minimum Gasteiger partial charge on any atom is -0.359 e. The molecular weight excluding hydrogens is 177 g/mol. The Hall–Kier alpha value is -1.31. The number of fused-ring (bicyclic) bond motifs is 1. The monoisotopic (exact) mass is 191 g/mol. The van der Waals surface area contributed by atoms with Crippen molar-refractivity contribution < 1.29 is 4.39 Å². The van der Waals surface area contributed by atoms with E-state index in [2.05, 4.69) is 25.8 Å². The predicted octanol–water partition coefficient (Wildman–Crippen LogP) is 3.60. The molecule has 0 amide bonds. The number of benzene rings is 1. The third-order valence-electron chi connectivity index (χ3n) is 2.48. The summed E-state index contributed by atoms with van der Waals surface area (Å²) >= 11 is 0. The van der Waals surface area contributed by atoms with Crippen LogP contribution in [0.2, 0.25) is 0 Å². The Kier molecular flexibility index (Phi) is 1.88. The van der Waals surface area contributed by atoms with Crippen LogP contribution in [0.25, 0.3) is 10.9 Å². The van der Waals surface area contributed by atoms with Crippen LogP contribution >= 0.6 is 0 Å². The summed E-state index contributed by atoms with van der Waals surface area (Å²) < 4.78 is 13.4. The van der Waals surface area contributed by atoms with Crippen molar-refractivity contribution in [1.82, 2.24) is 4.98 Å². The highest BCUT2D eigenvalue weighted by Gasteiger charge is 2.18. The van der Waals surface area contributed by atoms with Gasteiger partial charge in [-0.15, -0.1) is 0 Å². The van der Waals surface area contributed by atoms with Crippen LogP contribution in [0.3, 0.4) is 0 Å². The van der Waals surface area contributed by atoms with Crippen LogP contribution in [-0.4, -0.2) is 4.98 Å². The lowest BCUT2D eigenvalue weighted by Gasteiger charge is -2.20. The first-order chi connectivity index (χ1) is 6.50. The molecule has 0 aliphatic rings. The van der Waals surface area contributed by atoms with Gasteiger partial charge in [-0.2, -0.15) is 0 Å². The summed E-state index contributed by atoms with van der Waals surface area (Å²) in [4.78, 5) is 2.93. The quantitative estimate of drug-likeness (QED) is 0.654. The van der Waals surface area contributed by atoms with Crippen LogP contribution < -0.4 is 0 Å². The van der Waals surface area contributed by atoms with Crippen LogP contribution in [0.15, 0.2) is 24.4 Å². The third kappa shape index (κ3) is 1.31. The highest BCUT2D eigenvalue weighted by atomic mass is 19.1. The topological polar surface area (TPSA) is 15.8 Å². The van der Waals surface area contributed by atoms with Gasteiger partial charge in [-0.05, 0) is 23.1 Å². The maximum Gasteiger partial charge on any atom is 0.147 e. The Bertz CT molecular complexity index is 463. The second kappa shape index (κ2) is 2.84. The third-order valence-corrected chi connectivity index (χ3v) is 2.48. The molecule has 74 valence electrons. The van der Waals surface area contributed by atoms with E-state index in [1.54, 1.807) is 6.20 Å². The molecule has 0 saturated carbocycles. The van der Waals surface area contributed by atoms with Gasteiger partial charge in [-0.3, -0.25) is 0 Å². The molecule has 0 aliphatic heterocycles. The predicted molar refractivity (Wildman–Crippen MR) is 57.0 cm³/mol. The van der Waals surface area contributed by atoms with Crippen molar-refractivity contribution in [3.8, 4) is 0 Å². The largest absolute Gasteiger partial charge is 0.359 e. The number of hydrogen-bond acceptors (Lipinski definition) is 0. The summed E-state index contributed by atoms with van der Waals surface area (Å²) in [6, 6.07) is 5.32. The van der Waals surface area contributed by atoms with Gasteiger partial charge in [-0.1, -0.05) is 26.8 Å². The summed E-state index contributed by atoms with van der Waals surface area (Å²) in [5.41, 5.74) is 1.83. The Morgan fingerprint density at radius 2 is 1.86 bits per heavy atom. The Morgan fingerprint density at radius 3 is 2.50 bits per heavy atom. The summed E-state index contributed by atoms with van der Waals surface area (Å²) in [5, 5.41) is 0.984. The molecule has 2 heteroatoms. The van der Waals surface area contributed by atoms with Gasteiger partial charge in [0.1, 0.15) is 5.82 Å². The number of aromatic nitrogens is 1. The van der Waals surface area contributed by atoms with Crippen molar-refractivity contribution in [3.05, 3.63) is 35.8 Å². The first-order valence-electron chi connectivity index (χ1n) is 4.76. The molecule has 0 fully saturated rings. The lowest BCUT2D eigenvalue weighted by atomic mass is 9.85. The molecule has 1 aromatic carbocycles. The zero-order valence-corrected chi connectivity index (χ0v) is 8.69. The normalized spacial score (nSPS) is 12.3. The molecular formula is C12H14FN. The summed E-state index contributed by atoms with van der Waals surface area (Å²) in [5.74, 6) is -0.182. The average Bonchev–Trinajstić information content (AvgIpc) is 2.50. The number of halogens is 1. The minimum absolute atomic E-state index is 0.0497. The lowest BCUT2D eigenvalue weighted by Crippen LogP contribution is -2.11. The number of H-pyrrole nitrogens is 1. The summed E-state index contributed by atoms with van der Waals surface area (Å²) in [6.45, 7) is 6.39. The van der Waals surface area contributed by atoms with Crippen molar-refractivity contribution in [2.24, 2.45) is 0 Å². The van der Waals surface area contributed by atoms with E-state index in [1.165, 1.54) is 11.6 Å². The molecule has 0 radical (unpaired) electrons. The molecule has 1 heterocycles. The fraction of sp³-hybridized carbons (Fsp3) is 0.333. The van der Waals surface area contributed by atoms with Gasteiger partial charge in [0.2, 0.25) is 0 Å². The molecule has 1 nitrogen and oxygen atoms in total. The highest BCUT2D eigenvalue weighted by molar-refractivity contribution is 5.84. The van der Waals surface area contributed by atoms with Crippen molar-refractivity contribution in [3.63, 3.8) is 0 Å². The van der Waals surface area contributed by atoms with Crippen LogP contribution in [0, 0.1) is 5.82 Å². The van der Waals surface area contributed by atoms with Crippen molar-refractivity contribution >= 4 is 10.9 Å². The summed E-state index contributed by atoms with van der Waals surface area (Å²) in [6.07, 6.45) is 1.78. The van der Waals surface area contributed by atoms with Gasteiger partial charge in [-0.25, -0.2) is 4.39 Å². The number of nitrogens with one attached hydrogen (secondary N) is 1. The van der Waals surface area contributed by atoms with E-state index in [-0.39, 0.29) is 11.2 Å². The van der Waals surface area contributed by atoms with Crippen LogP contribution in [-0.2, 0) is 5.41 Å². The van der Waals surface area contributed by atoms with E-state index in [9.17, 15) is 4.39 Å². The van der Waals surface area contributed by atoms with Gasteiger partial charge in [0.15, 0.2) is 0 Å². The standard InChI is InChI=1S/C12H14FN/c1-12(2,3)9-4-5-10(13)11-8(9)6-7-14-11/h4-7,14H,1-3H3. The minimum atomic E-state index is -0.182. The molecule has 0 spiro atoms. The van der Waals surface area contributed by atoms with E-state index < -0.39 is 0 Å². The SMILES string of the molecule is CC(C)(C)c1ccc(F)c2[nH]ccc12. The highest BCUT2D eigenvalue weighted by Crippen LogP contribution is 2.30. The van der Waals surface area contributed by atoms with Crippen LogP contribution in [0.5, 0.6) is 0 Å². The molecule has 0 saturated heterocycles. The lowest BCUT2D eigenvalue weighted by molar-refractivity contribution is 0.591. The zero-order chi connectivity index (χ0) is 10.3. The van der Waals surface area contributed by atoms with E-state index in [4.69, 9.17) is 0 Å².